The van der Waals surface area contributed by atoms with Crippen LogP contribution in [0.4, 0.5) is 0 Å². The average Bonchev–Trinajstić information content (AvgIpc) is 2.52. The Labute approximate surface area is 149 Å². The summed E-state index contributed by atoms with van der Waals surface area (Å²) in [5, 5.41) is 0. The van der Waals surface area contributed by atoms with Crippen LogP contribution in [0.3, 0.4) is 0 Å². The number of hydrogen-bond acceptors (Lipinski definition) is 3. The smallest absolute Gasteiger partial charge is 0.302 e. The predicted molar refractivity (Wildman–Crippen MR) is 101 cm³/mol. The number of ether oxygens (including phenoxy) is 1. The summed E-state index contributed by atoms with van der Waals surface area (Å²) < 4.78 is 5.46. The molecular weight excluding hydrogens is 300 g/mol. The summed E-state index contributed by atoms with van der Waals surface area (Å²) in [6.07, 6.45) is 17.6. The standard InChI is InChI=1S/C21H40O3/c1-4-5-6-14-17-21(24-20(3)23)18-15-12-10-8-7-9-11-13-16-19(2)22/h21H,4-18H2,1-3H3. The summed E-state index contributed by atoms with van der Waals surface area (Å²) >= 11 is 0. The Morgan fingerprint density at radius 1 is 0.708 bits per heavy atom. The van der Waals surface area contributed by atoms with Gasteiger partial charge in [-0.05, 0) is 39.0 Å². The highest BCUT2D eigenvalue weighted by Crippen LogP contribution is 2.16. The minimum absolute atomic E-state index is 0.130. The van der Waals surface area contributed by atoms with Gasteiger partial charge < -0.3 is 9.53 Å². The van der Waals surface area contributed by atoms with Crippen molar-refractivity contribution in [2.45, 2.75) is 123 Å². The molecule has 0 aliphatic rings. The molecule has 0 fully saturated rings. The number of unbranched alkanes of at least 4 members (excludes halogenated alkanes) is 10. The SMILES string of the molecule is CCCCCCC(CCCCCCCCCCC(C)=O)OC(C)=O. The molecule has 0 bridgehead atoms. The Kier molecular flexibility index (Phi) is 16.4. The Bertz CT molecular complexity index is 312. The Morgan fingerprint density at radius 2 is 1.17 bits per heavy atom. The molecule has 0 rings (SSSR count). The van der Waals surface area contributed by atoms with Gasteiger partial charge in [0.25, 0.3) is 0 Å². The third kappa shape index (κ3) is 17.5. The van der Waals surface area contributed by atoms with Gasteiger partial charge in [-0.25, -0.2) is 0 Å². The third-order valence-corrected chi connectivity index (χ3v) is 4.52. The predicted octanol–water partition coefficient (Wildman–Crippen LogP) is 6.38. The van der Waals surface area contributed by atoms with Gasteiger partial charge in [-0.2, -0.15) is 0 Å². The van der Waals surface area contributed by atoms with Gasteiger partial charge in [0.15, 0.2) is 0 Å². The number of rotatable bonds is 17. The molecule has 1 unspecified atom stereocenters. The summed E-state index contributed by atoms with van der Waals surface area (Å²) in [6.45, 7) is 5.41. The van der Waals surface area contributed by atoms with Gasteiger partial charge in [0.1, 0.15) is 11.9 Å². The number of ketones is 1. The fraction of sp³-hybridized carbons (Fsp3) is 0.905. The molecule has 0 aliphatic carbocycles. The van der Waals surface area contributed by atoms with Crippen molar-refractivity contribution in [3.8, 4) is 0 Å². The first-order chi connectivity index (χ1) is 11.6. The van der Waals surface area contributed by atoms with Crippen molar-refractivity contribution in [1.29, 1.82) is 0 Å². The van der Waals surface area contributed by atoms with Gasteiger partial charge >= 0.3 is 5.97 Å². The third-order valence-electron chi connectivity index (χ3n) is 4.52. The second-order valence-corrected chi connectivity index (χ2v) is 7.15. The first-order valence-corrected chi connectivity index (χ1v) is 10.2. The molecule has 0 aromatic heterocycles. The van der Waals surface area contributed by atoms with Gasteiger partial charge in [0, 0.05) is 13.3 Å². The van der Waals surface area contributed by atoms with Gasteiger partial charge in [-0.1, -0.05) is 64.7 Å². The molecule has 24 heavy (non-hydrogen) atoms. The molecule has 0 amide bonds. The van der Waals surface area contributed by atoms with E-state index in [4.69, 9.17) is 4.74 Å². The highest BCUT2D eigenvalue weighted by Gasteiger charge is 2.11. The van der Waals surface area contributed by atoms with E-state index in [1.807, 2.05) is 0 Å². The minimum Gasteiger partial charge on any atom is -0.463 e. The van der Waals surface area contributed by atoms with E-state index in [2.05, 4.69) is 6.92 Å². The first kappa shape index (κ1) is 23.1. The van der Waals surface area contributed by atoms with Crippen LogP contribution >= 0.6 is 0 Å². The molecule has 0 N–H and O–H groups in total. The molecule has 0 aromatic rings. The molecule has 0 saturated heterocycles. The highest BCUT2D eigenvalue weighted by molar-refractivity contribution is 5.75. The number of carbonyl (C=O) groups is 2. The summed E-state index contributed by atoms with van der Waals surface area (Å²) in [5.74, 6) is 0.174. The molecule has 0 radical (unpaired) electrons. The van der Waals surface area contributed by atoms with Crippen LogP contribution in [0.1, 0.15) is 117 Å². The van der Waals surface area contributed by atoms with Crippen LogP contribution in [0.5, 0.6) is 0 Å². The van der Waals surface area contributed by atoms with E-state index in [1.165, 1.54) is 71.1 Å². The highest BCUT2D eigenvalue weighted by atomic mass is 16.5. The van der Waals surface area contributed by atoms with Crippen LogP contribution < -0.4 is 0 Å². The van der Waals surface area contributed by atoms with E-state index in [1.54, 1.807) is 6.92 Å². The maximum Gasteiger partial charge on any atom is 0.302 e. The summed E-state index contributed by atoms with van der Waals surface area (Å²) in [7, 11) is 0. The van der Waals surface area contributed by atoms with Gasteiger partial charge in [-0.15, -0.1) is 0 Å². The van der Waals surface area contributed by atoms with E-state index < -0.39 is 0 Å². The zero-order valence-corrected chi connectivity index (χ0v) is 16.4. The lowest BCUT2D eigenvalue weighted by Gasteiger charge is -2.17. The van der Waals surface area contributed by atoms with Crippen LogP contribution in [-0.4, -0.2) is 17.9 Å². The fourth-order valence-corrected chi connectivity index (χ4v) is 3.10. The van der Waals surface area contributed by atoms with E-state index in [0.717, 1.165) is 32.1 Å². The molecule has 3 heteroatoms. The molecule has 1 atom stereocenters. The van der Waals surface area contributed by atoms with Gasteiger partial charge in [-0.3, -0.25) is 4.79 Å². The van der Waals surface area contributed by atoms with Gasteiger partial charge in [0.05, 0.1) is 0 Å². The van der Waals surface area contributed by atoms with Crippen molar-refractivity contribution in [2.75, 3.05) is 0 Å². The lowest BCUT2D eigenvalue weighted by Crippen LogP contribution is -2.16. The van der Waals surface area contributed by atoms with Crippen LogP contribution in [-0.2, 0) is 14.3 Å². The van der Waals surface area contributed by atoms with Crippen molar-refractivity contribution < 1.29 is 14.3 Å². The molecule has 142 valence electrons. The number of esters is 1. The van der Waals surface area contributed by atoms with Crippen LogP contribution in [0.15, 0.2) is 0 Å². The second kappa shape index (κ2) is 17.0. The van der Waals surface area contributed by atoms with Crippen molar-refractivity contribution in [3.05, 3.63) is 0 Å². The molecule has 0 heterocycles. The van der Waals surface area contributed by atoms with Crippen LogP contribution in [0.25, 0.3) is 0 Å². The van der Waals surface area contributed by atoms with Crippen molar-refractivity contribution in [3.63, 3.8) is 0 Å². The molecule has 0 aromatic carbocycles. The lowest BCUT2D eigenvalue weighted by molar-refractivity contribution is -0.147. The van der Waals surface area contributed by atoms with Gasteiger partial charge in [0.2, 0.25) is 0 Å². The maximum atomic E-state index is 11.2. The summed E-state index contributed by atoms with van der Waals surface area (Å²) in [5.41, 5.74) is 0. The topological polar surface area (TPSA) is 43.4 Å². The Balaban J connectivity index is 3.54. The van der Waals surface area contributed by atoms with E-state index in [9.17, 15) is 9.59 Å². The number of carbonyl (C=O) groups excluding carboxylic acids is 2. The Hall–Kier alpha value is -0.860. The molecule has 0 aliphatic heterocycles. The lowest BCUT2D eigenvalue weighted by atomic mass is 10.0. The van der Waals surface area contributed by atoms with Crippen LogP contribution in [0, 0.1) is 0 Å². The molecular formula is C21H40O3. The minimum atomic E-state index is -0.138. The zero-order chi connectivity index (χ0) is 18.0. The fourth-order valence-electron chi connectivity index (χ4n) is 3.10. The average molecular weight is 341 g/mol. The molecule has 0 saturated carbocycles. The van der Waals surface area contributed by atoms with Crippen molar-refractivity contribution >= 4 is 11.8 Å². The maximum absolute atomic E-state index is 11.2. The summed E-state index contributed by atoms with van der Waals surface area (Å²) in [6, 6.07) is 0. The quantitative estimate of drug-likeness (QED) is 0.228. The zero-order valence-electron chi connectivity index (χ0n) is 16.4. The van der Waals surface area contributed by atoms with Crippen molar-refractivity contribution in [1.82, 2.24) is 0 Å². The molecule has 0 spiro atoms. The Morgan fingerprint density at radius 3 is 1.62 bits per heavy atom. The van der Waals surface area contributed by atoms with E-state index >= 15 is 0 Å². The number of Topliss-reactive ketones (excluding diaryl/α,β-unsaturated/α-hetero) is 1. The largest absolute Gasteiger partial charge is 0.463 e. The number of hydrogen-bond donors (Lipinski definition) is 0. The van der Waals surface area contributed by atoms with E-state index in [-0.39, 0.29) is 12.1 Å². The second-order valence-electron chi connectivity index (χ2n) is 7.15. The van der Waals surface area contributed by atoms with E-state index in [0.29, 0.717) is 5.78 Å². The first-order valence-electron chi connectivity index (χ1n) is 10.2. The normalized spacial score (nSPS) is 12.1. The van der Waals surface area contributed by atoms with Crippen LogP contribution in [0.2, 0.25) is 0 Å². The molecule has 3 nitrogen and oxygen atoms in total. The monoisotopic (exact) mass is 340 g/mol. The summed E-state index contributed by atoms with van der Waals surface area (Å²) in [4.78, 5) is 22.0. The van der Waals surface area contributed by atoms with Crippen molar-refractivity contribution in [2.24, 2.45) is 0 Å².